The van der Waals surface area contributed by atoms with Gasteiger partial charge in [-0.15, -0.1) is 6.58 Å². The highest BCUT2D eigenvalue weighted by atomic mass is 19.4. The van der Waals surface area contributed by atoms with E-state index in [1.807, 2.05) is 13.0 Å². The molecule has 0 saturated carbocycles. The Morgan fingerprint density at radius 3 is 2.82 bits per heavy atom. The van der Waals surface area contributed by atoms with Crippen LogP contribution in [-0.4, -0.2) is 29.7 Å². The Hall–Kier alpha value is -1.89. The minimum Gasteiger partial charge on any atom is -0.377 e. The molecule has 1 aromatic rings. The van der Waals surface area contributed by atoms with E-state index in [9.17, 15) is 13.2 Å². The Morgan fingerprint density at radius 2 is 2.23 bits per heavy atom. The molecule has 1 N–H and O–H groups in total. The lowest BCUT2D eigenvalue weighted by atomic mass is 10.1. The number of nitrogens with one attached hydrogen (secondary N) is 1. The van der Waals surface area contributed by atoms with Gasteiger partial charge in [0.15, 0.2) is 0 Å². The first-order valence-electron chi connectivity index (χ1n) is 6.82. The van der Waals surface area contributed by atoms with Crippen molar-refractivity contribution in [2.75, 3.05) is 19.0 Å². The summed E-state index contributed by atoms with van der Waals surface area (Å²) < 4.78 is 42.7. The van der Waals surface area contributed by atoms with Crippen molar-refractivity contribution in [1.29, 1.82) is 0 Å². The molecule has 1 heterocycles. The van der Waals surface area contributed by atoms with Gasteiger partial charge in [0, 0.05) is 19.9 Å². The minimum atomic E-state index is -4.47. The second-order valence-corrected chi connectivity index (χ2v) is 4.75. The van der Waals surface area contributed by atoms with Gasteiger partial charge in [0.05, 0.1) is 6.10 Å². The zero-order valence-electron chi connectivity index (χ0n) is 12.7. The molecule has 7 heteroatoms. The summed E-state index contributed by atoms with van der Waals surface area (Å²) in [4.78, 5) is 7.22. The predicted octanol–water partition coefficient (Wildman–Crippen LogP) is 3.83. The van der Waals surface area contributed by atoms with Crippen LogP contribution in [0.5, 0.6) is 0 Å². The van der Waals surface area contributed by atoms with Gasteiger partial charge in [0.2, 0.25) is 5.95 Å². The third kappa shape index (κ3) is 6.26. The van der Waals surface area contributed by atoms with Gasteiger partial charge in [-0.05, 0) is 25.8 Å². The zero-order chi connectivity index (χ0) is 16.6. The molecule has 1 aromatic heterocycles. The molecule has 1 rings (SSSR count). The lowest BCUT2D eigenvalue weighted by molar-refractivity contribution is -0.141. The average molecular weight is 315 g/mol. The highest BCUT2D eigenvalue weighted by molar-refractivity contribution is 5.28. The summed E-state index contributed by atoms with van der Waals surface area (Å²) >= 11 is 0. The van der Waals surface area contributed by atoms with Gasteiger partial charge in [0.25, 0.3) is 0 Å². The standard InChI is InChI=1S/C15H20F3N3O/c1-4-12(22-3)7-5-6-11(2)10-20-14-19-9-8-13(21-14)15(16,17)18/h4,6,8-9,12H,1,5,7,10H2,2-3H3,(H,19,20,21)/b11-6-. The maximum Gasteiger partial charge on any atom is 0.433 e. The smallest absolute Gasteiger partial charge is 0.377 e. The van der Waals surface area contributed by atoms with Crippen LogP contribution in [0.15, 0.2) is 36.6 Å². The molecule has 0 fully saturated rings. The predicted molar refractivity (Wildman–Crippen MR) is 79.5 cm³/mol. The second kappa shape index (κ2) is 8.53. The summed E-state index contributed by atoms with van der Waals surface area (Å²) in [6.45, 7) is 5.93. The molecule has 0 bridgehead atoms. The van der Waals surface area contributed by atoms with Gasteiger partial charge >= 0.3 is 6.18 Å². The SMILES string of the molecule is C=CC(CC/C=C(/C)CNc1nccc(C(F)(F)F)n1)OC. The first-order chi connectivity index (χ1) is 10.4. The Bertz CT molecular complexity index is 515. The molecule has 0 saturated heterocycles. The fourth-order valence-electron chi connectivity index (χ4n) is 1.72. The number of hydrogen-bond acceptors (Lipinski definition) is 4. The lowest BCUT2D eigenvalue weighted by Crippen LogP contribution is -2.12. The molecule has 0 aliphatic heterocycles. The van der Waals surface area contributed by atoms with E-state index < -0.39 is 11.9 Å². The molecule has 1 atom stereocenters. The molecule has 4 nitrogen and oxygen atoms in total. The van der Waals surface area contributed by atoms with Crippen LogP contribution in [0.25, 0.3) is 0 Å². The second-order valence-electron chi connectivity index (χ2n) is 4.75. The Balaban J connectivity index is 2.50. The van der Waals surface area contributed by atoms with Gasteiger partial charge < -0.3 is 10.1 Å². The molecule has 0 spiro atoms. The van der Waals surface area contributed by atoms with E-state index >= 15 is 0 Å². The van der Waals surface area contributed by atoms with E-state index in [-0.39, 0.29) is 12.1 Å². The van der Waals surface area contributed by atoms with Crippen LogP contribution in [0, 0.1) is 0 Å². The molecular formula is C15H20F3N3O. The highest BCUT2D eigenvalue weighted by Gasteiger charge is 2.32. The molecule has 1 unspecified atom stereocenters. The number of rotatable bonds is 8. The van der Waals surface area contributed by atoms with Crippen molar-refractivity contribution in [2.24, 2.45) is 0 Å². The molecular weight excluding hydrogens is 295 g/mol. The van der Waals surface area contributed by atoms with Gasteiger partial charge in [-0.2, -0.15) is 13.2 Å². The van der Waals surface area contributed by atoms with Gasteiger partial charge in [-0.1, -0.05) is 17.7 Å². The number of hydrogen-bond donors (Lipinski definition) is 1. The average Bonchev–Trinajstić information content (AvgIpc) is 2.49. The van der Waals surface area contributed by atoms with Crippen molar-refractivity contribution in [1.82, 2.24) is 9.97 Å². The van der Waals surface area contributed by atoms with Crippen molar-refractivity contribution in [3.8, 4) is 0 Å². The summed E-state index contributed by atoms with van der Waals surface area (Å²) in [7, 11) is 1.62. The van der Waals surface area contributed by atoms with Crippen LogP contribution >= 0.6 is 0 Å². The third-order valence-electron chi connectivity index (χ3n) is 2.98. The minimum absolute atomic E-state index is 0.00353. The van der Waals surface area contributed by atoms with Gasteiger partial charge in [-0.3, -0.25) is 0 Å². The van der Waals surface area contributed by atoms with Crippen molar-refractivity contribution in [2.45, 2.75) is 32.0 Å². The maximum absolute atomic E-state index is 12.5. The Morgan fingerprint density at radius 1 is 1.50 bits per heavy atom. The Kier molecular flexibility index (Phi) is 7.04. The third-order valence-corrected chi connectivity index (χ3v) is 2.98. The number of allylic oxidation sites excluding steroid dienone is 1. The summed E-state index contributed by atoms with van der Waals surface area (Å²) in [5, 5.41) is 2.78. The first-order valence-corrected chi connectivity index (χ1v) is 6.82. The quantitative estimate of drug-likeness (QED) is 0.741. The van der Waals surface area contributed by atoms with E-state index in [2.05, 4.69) is 21.9 Å². The fourth-order valence-corrected chi connectivity index (χ4v) is 1.72. The van der Waals surface area contributed by atoms with Crippen molar-refractivity contribution in [3.05, 3.63) is 42.3 Å². The molecule has 22 heavy (non-hydrogen) atoms. The summed E-state index contributed by atoms with van der Waals surface area (Å²) in [5.74, 6) is -0.0385. The van der Waals surface area contributed by atoms with Crippen LogP contribution in [-0.2, 0) is 10.9 Å². The van der Waals surface area contributed by atoms with Crippen LogP contribution in [0.3, 0.4) is 0 Å². The van der Waals surface area contributed by atoms with E-state index in [1.165, 1.54) is 0 Å². The normalized spacial score (nSPS) is 13.8. The molecule has 0 aliphatic carbocycles. The van der Waals surface area contributed by atoms with Crippen molar-refractivity contribution < 1.29 is 17.9 Å². The summed E-state index contributed by atoms with van der Waals surface area (Å²) in [6, 6.07) is 0.841. The highest BCUT2D eigenvalue weighted by Crippen LogP contribution is 2.27. The van der Waals surface area contributed by atoms with Gasteiger partial charge in [-0.25, -0.2) is 9.97 Å². The molecule has 0 aliphatic rings. The van der Waals surface area contributed by atoms with E-state index in [0.717, 1.165) is 30.7 Å². The fraction of sp³-hybridized carbons (Fsp3) is 0.467. The summed E-state index contributed by atoms with van der Waals surface area (Å²) in [5.41, 5.74) is 0.0282. The molecule has 122 valence electrons. The van der Waals surface area contributed by atoms with Crippen LogP contribution < -0.4 is 5.32 Å². The number of halogens is 3. The monoisotopic (exact) mass is 315 g/mol. The number of aromatic nitrogens is 2. The van der Waals surface area contributed by atoms with Crippen LogP contribution in [0.4, 0.5) is 19.1 Å². The number of ether oxygens (including phenoxy) is 1. The van der Waals surface area contributed by atoms with Crippen molar-refractivity contribution >= 4 is 5.95 Å². The summed E-state index contributed by atoms with van der Waals surface area (Å²) in [6.07, 6.45) is 1.95. The number of alkyl halides is 3. The molecule has 0 aromatic carbocycles. The number of nitrogens with zero attached hydrogens (tertiary/aromatic N) is 2. The molecule has 0 amide bonds. The zero-order valence-corrected chi connectivity index (χ0v) is 12.7. The van der Waals surface area contributed by atoms with E-state index in [4.69, 9.17) is 4.74 Å². The number of methoxy groups -OCH3 is 1. The largest absolute Gasteiger partial charge is 0.433 e. The number of anilines is 1. The molecule has 0 radical (unpaired) electrons. The van der Waals surface area contributed by atoms with E-state index in [0.29, 0.717) is 6.54 Å². The van der Waals surface area contributed by atoms with Crippen molar-refractivity contribution in [3.63, 3.8) is 0 Å². The first kappa shape index (κ1) is 18.2. The lowest BCUT2D eigenvalue weighted by Gasteiger charge is -2.10. The Labute approximate surface area is 128 Å². The van der Waals surface area contributed by atoms with Gasteiger partial charge in [0.1, 0.15) is 5.69 Å². The maximum atomic E-state index is 12.5. The topological polar surface area (TPSA) is 47.0 Å². The van der Waals surface area contributed by atoms with E-state index in [1.54, 1.807) is 13.2 Å². The van der Waals surface area contributed by atoms with Crippen LogP contribution in [0.2, 0.25) is 0 Å². The van der Waals surface area contributed by atoms with Crippen LogP contribution in [0.1, 0.15) is 25.5 Å².